The zero-order valence-electron chi connectivity index (χ0n) is 14.5. The molecular weight excluding hydrogens is 330 g/mol. The van der Waals surface area contributed by atoms with Gasteiger partial charge in [0, 0.05) is 18.2 Å². The molecule has 134 valence electrons. The van der Waals surface area contributed by atoms with Crippen LogP contribution in [0.25, 0.3) is 6.08 Å². The normalized spacial score (nSPS) is 15.1. The fraction of sp³-hybridized carbons (Fsp3) is 0.286. The fourth-order valence-electron chi connectivity index (χ4n) is 3.30. The quantitative estimate of drug-likeness (QED) is 0.242. The molecule has 26 heavy (non-hydrogen) atoms. The number of nitro benzene ring substituents is 1. The largest absolute Gasteiger partial charge is 0.423 e. The van der Waals surface area contributed by atoms with Crippen LogP contribution in [0.15, 0.2) is 54.6 Å². The zero-order chi connectivity index (χ0) is 18.4. The van der Waals surface area contributed by atoms with E-state index in [9.17, 15) is 14.9 Å². The number of esters is 1. The number of rotatable bonds is 5. The van der Waals surface area contributed by atoms with Crippen molar-refractivity contribution in [1.82, 2.24) is 0 Å². The van der Waals surface area contributed by atoms with Crippen molar-refractivity contribution >= 4 is 17.7 Å². The van der Waals surface area contributed by atoms with Gasteiger partial charge < -0.3 is 4.74 Å². The predicted octanol–water partition coefficient (Wildman–Crippen LogP) is 5.26. The van der Waals surface area contributed by atoms with Crippen LogP contribution in [0, 0.1) is 10.1 Å². The highest BCUT2D eigenvalue weighted by molar-refractivity contribution is 5.88. The number of nitrogens with zero attached hydrogens (tertiary/aromatic N) is 1. The summed E-state index contributed by atoms with van der Waals surface area (Å²) in [6.07, 6.45) is 9.12. The molecule has 1 fully saturated rings. The average molecular weight is 351 g/mol. The van der Waals surface area contributed by atoms with Crippen LogP contribution in [-0.4, -0.2) is 10.9 Å². The SMILES string of the molecule is O=C(C=Cc1cccc([N+](=O)[O-])c1)Oc1ccc(C2CCCCC2)cc1. The van der Waals surface area contributed by atoms with Gasteiger partial charge in [-0.2, -0.15) is 0 Å². The summed E-state index contributed by atoms with van der Waals surface area (Å²) >= 11 is 0. The van der Waals surface area contributed by atoms with Crippen LogP contribution >= 0.6 is 0 Å². The lowest BCUT2D eigenvalue weighted by Gasteiger charge is -2.21. The van der Waals surface area contributed by atoms with Gasteiger partial charge in [0.25, 0.3) is 5.69 Å². The number of hydrogen-bond donors (Lipinski definition) is 0. The zero-order valence-corrected chi connectivity index (χ0v) is 14.5. The first kappa shape index (κ1) is 17.9. The number of ether oxygens (including phenoxy) is 1. The summed E-state index contributed by atoms with van der Waals surface area (Å²) in [6.45, 7) is 0. The highest BCUT2D eigenvalue weighted by Gasteiger charge is 2.15. The molecule has 5 heteroatoms. The first-order valence-electron chi connectivity index (χ1n) is 8.86. The third kappa shape index (κ3) is 4.79. The monoisotopic (exact) mass is 351 g/mol. The highest BCUT2D eigenvalue weighted by Crippen LogP contribution is 2.33. The van der Waals surface area contributed by atoms with Gasteiger partial charge in [0.15, 0.2) is 0 Å². The maximum absolute atomic E-state index is 11.9. The molecule has 0 aromatic heterocycles. The molecule has 1 aliphatic carbocycles. The summed E-state index contributed by atoms with van der Waals surface area (Å²) < 4.78 is 5.30. The Balaban J connectivity index is 1.59. The maximum Gasteiger partial charge on any atom is 0.336 e. The lowest BCUT2D eigenvalue weighted by atomic mass is 9.84. The van der Waals surface area contributed by atoms with Crippen LogP contribution in [-0.2, 0) is 4.79 Å². The third-order valence-corrected chi connectivity index (χ3v) is 4.67. The molecule has 0 radical (unpaired) electrons. The van der Waals surface area contributed by atoms with Crippen molar-refractivity contribution in [3.63, 3.8) is 0 Å². The smallest absolute Gasteiger partial charge is 0.336 e. The van der Waals surface area contributed by atoms with Gasteiger partial charge in [-0.25, -0.2) is 4.79 Å². The number of benzene rings is 2. The van der Waals surface area contributed by atoms with Crippen LogP contribution in [0.5, 0.6) is 5.75 Å². The molecule has 1 saturated carbocycles. The Hall–Kier alpha value is -2.95. The molecule has 0 heterocycles. The average Bonchev–Trinajstić information content (AvgIpc) is 2.68. The minimum absolute atomic E-state index is 0.0150. The number of hydrogen-bond acceptors (Lipinski definition) is 4. The van der Waals surface area contributed by atoms with Crippen LogP contribution in [0.2, 0.25) is 0 Å². The maximum atomic E-state index is 11.9. The Kier molecular flexibility index (Phi) is 5.79. The minimum atomic E-state index is -0.512. The van der Waals surface area contributed by atoms with Gasteiger partial charge >= 0.3 is 5.97 Å². The highest BCUT2D eigenvalue weighted by atomic mass is 16.6. The van der Waals surface area contributed by atoms with E-state index in [1.54, 1.807) is 12.1 Å². The standard InChI is InChI=1S/C21H21NO4/c23-21(14-9-16-5-4-8-19(15-16)22(24)25)26-20-12-10-18(11-13-20)17-6-2-1-3-7-17/h4-5,8-15,17H,1-3,6-7H2. The molecular formula is C21H21NO4. The third-order valence-electron chi connectivity index (χ3n) is 4.67. The van der Waals surface area contributed by atoms with E-state index in [0.717, 1.165) is 0 Å². The van der Waals surface area contributed by atoms with Crippen LogP contribution in [0.1, 0.15) is 49.1 Å². The molecule has 0 saturated heterocycles. The molecule has 0 spiro atoms. The Bertz CT molecular complexity index is 805. The van der Waals surface area contributed by atoms with Crippen LogP contribution in [0.4, 0.5) is 5.69 Å². The molecule has 0 amide bonds. The van der Waals surface area contributed by atoms with E-state index in [-0.39, 0.29) is 5.69 Å². The Morgan fingerprint density at radius 2 is 1.81 bits per heavy atom. The van der Waals surface area contributed by atoms with Crippen molar-refractivity contribution in [3.05, 3.63) is 75.8 Å². The van der Waals surface area contributed by atoms with Crippen molar-refractivity contribution in [2.24, 2.45) is 0 Å². The second-order valence-corrected chi connectivity index (χ2v) is 6.51. The topological polar surface area (TPSA) is 69.4 Å². The van der Waals surface area contributed by atoms with Gasteiger partial charge in [0.05, 0.1) is 4.92 Å². The summed E-state index contributed by atoms with van der Waals surface area (Å²) in [4.78, 5) is 22.2. The molecule has 2 aromatic carbocycles. The van der Waals surface area contributed by atoms with Gasteiger partial charge in [-0.05, 0) is 48.1 Å². The van der Waals surface area contributed by atoms with Gasteiger partial charge in [-0.1, -0.05) is 43.5 Å². The Morgan fingerprint density at radius 3 is 2.50 bits per heavy atom. The molecule has 3 rings (SSSR count). The van der Waals surface area contributed by atoms with E-state index in [1.165, 1.54) is 62.0 Å². The van der Waals surface area contributed by atoms with Gasteiger partial charge in [0.2, 0.25) is 0 Å². The van der Waals surface area contributed by atoms with Crippen molar-refractivity contribution in [3.8, 4) is 5.75 Å². The van der Waals surface area contributed by atoms with Gasteiger partial charge in [-0.3, -0.25) is 10.1 Å². The van der Waals surface area contributed by atoms with Crippen LogP contribution in [0.3, 0.4) is 0 Å². The molecule has 0 aliphatic heterocycles. The second kappa shape index (κ2) is 8.43. The van der Waals surface area contributed by atoms with Gasteiger partial charge in [0.1, 0.15) is 5.75 Å². The summed E-state index contributed by atoms with van der Waals surface area (Å²) in [5, 5.41) is 10.8. The van der Waals surface area contributed by atoms with E-state index in [1.807, 2.05) is 24.3 Å². The van der Waals surface area contributed by atoms with Crippen molar-refractivity contribution < 1.29 is 14.5 Å². The molecule has 0 atom stereocenters. The number of carbonyl (C=O) groups excluding carboxylic acids is 1. The fourth-order valence-corrected chi connectivity index (χ4v) is 3.30. The molecule has 0 bridgehead atoms. The number of carbonyl (C=O) groups is 1. The Morgan fingerprint density at radius 1 is 1.08 bits per heavy atom. The van der Waals surface area contributed by atoms with E-state index in [0.29, 0.717) is 17.2 Å². The van der Waals surface area contributed by atoms with Crippen molar-refractivity contribution in [2.45, 2.75) is 38.0 Å². The molecule has 5 nitrogen and oxygen atoms in total. The predicted molar refractivity (Wildman–Crippen MR) is 100 cm³/mol. The summed E-state index contributed by atoms with van der Waals surface area (Å²) in [7, 11) is 0. The van der Waals surface area contributed by atoms with Crippen LogP contribution < -0.4 is 4.74 Å². The second-order valence-electron chi connectivity index (χ2n) is 6.51. The molecule has 2 aromatic rings. The summed E-state index contributed by atoms with van der Waals surface area (Å²) in [5.41, 5.74) is 1.86. The molecule has 0 N–H and O–H groups in total. The van der Waals surface area contributed by atoms with Crippen molar-refractivity contribution in [2.75, 3.05) is 0 Å². The molecule has 1 aliphatic rings. The lowest BCUT2D eigenvalue weighted by molar-refractivity contribution is -0.384. The summed E-state index contributed by atoms with van der Waals surface area (Å²) in [5.74, 6) is 0.599. The van der Waals surface area contributed by atoms with Crippen molar-refractivity contribution in [1.29, 1.82) is 0 Å². The van der Waals surface area contributed by atoms with E-state index in [2.05, 4.69) is 0 Å². The minimum Gasteiger partial charge on any atom is -0.423 e. The van der Waals surface area contributed by atoms with E-state index in [4.69, 9.17) is 4.74 Å². The van der Waals surface area contributed by atoms with E-state index < -0.39 is 10.9 Å². The first-order chi connectivity index (χ1) is 12.6. The number of non-ortho nitro benzene ring substituents is 1. The Labute approximate surface area is 152 Å². The van der Waals surface area contributed by atoms with Gasteiger partial charge in [-0.15, -0.1) is 0 Å². The number of nitro groups is 1. The summed E-state index contributed by atoms with van der Waals surface area (Å²) in [6, 6.07) is 13.8. The first-order valence-corrected chi connectivity index (χ1v) is 8.86. The van der Waals surface area contributed by atoms with E-state index >= 15 is 0 Å². The lowest BCUT2D eigenvalue weighted by Crippen LogP contribution is -2.06. The molecule has 0 unspecified atom stereocenters.